The van der Waals surface area contributed by atoms with Gasteiger partial charge < -0.3 is 10.0 Å². The average molecular weight is 283 g/mol. The van der Waals surface area contributed by atoms with Crippen LogP contribution in [0.3, 0.4) is 0 Å². The second-order valence-corrected chi connectivity index (χ2v) is 5.27. The predicted molar refractivity (Wildman–Crippen MR) is 71.5 cm³/mol. The molecule has 1 saturated heterocycles. The van der Waals surface area contributed by atoms with Crippen LogP contribution in [-0.4, -0.2) is 35.1 Å². The lowest BCUT2D eigenvalue weighted by Crippen LogP contribution is -2.42. The second kappa shape index (κ2) is 6.31. The molecule has 1 aromatic rings. The molecule has 1 aliphatic rings. The fraction of sp³-hybridized carbons (Fsp3) is 0.533. The molecule has 0 spiro atoms. The Morgan fingerprint density at radius 3 is 2.75 bits per heavy atom. The Morgan fingerprint density at radius 1 is 1.30 bits per heavy atom. The molecule has 1 atom stereocenters. The second-order valence-electron chi connectivity index (χ2n) is 5.27. The zero-order chi connectivity index (χ0) is 14.7. The van der Waals surface area contributed by atoms with Crippen molar-refractivity contribution in [2.75, 3.05) is 13.2 Å². The van der Waals surface area contributed by atoms with Gasteiger partial charge >= 0.3 is 0 Å². The van der Waals surface area contributed by atoms with Crippen molar-refractivity contribution >= 4 is 5.91 Å². The molecular formula is C15H19F2NO2. The first-order chi connectivity index (χ1) is 9.54. The quantitative estimate of drug-likeness (QED) is 0.906. The van der Waals surface area contributed by atoms with Crippen LogP contribution in [0, 0.1) is 18.6 Å². The van der Waals surface area contributed by atoms with Gasteiger partial charge in [0.25, 0.3) is 5.91 Å². The van der Waals surface area contributed by atoms with Gasteiger partial charge in [0.05, 0.1) is 18.2 Å². The summed E-state index contributed by atoms with van der Waals surface area (Å²) >= 11 is 0. The Bertz CT molecular complexity index is 505. The van der Waals surface area contributed by atoms with Crippen LogP contribution in [0.15, 0.2) is 12.1 Å². The summed E-state index contributed by atoms with van der Waals surface area (Å²) in [5.41, 5.74) is 0.120. The SMILES string of the molecule is Cc1cc(C(=O)N2CCCCCC2CO)c(F)cc1F. The van der Waals surface area contributed by atoms with Crippen molar-refractivity contribution in [2.45, 2.75) is 38.6 Å². The molecule has 1 amide bonds. The standard InChI is InChI=1S/C15H19F2NO2/c1-10-7-12(14(17)8-13(10)16)15(20)18-6-4-2-3-5-11(18)9-19/h7-8,11,19H,2-6,9H2,1H3. The number of aryl methyl sites for hydroxylation is 1. The molecule has 2 rings (SSSR count). The molecular weight excluding hydrogens is 264 g/mol. The molecule has 20 heavy (non-hydrogen) atoms. The molecule has 0 aliphatic carbocycles. The zero-order valence-corrected chi connectivity index (χ0v) is 11.5. The maximum absolute atomic E-state index is 13.8. The maximum atomic E-state index is 13.8. The Kier molecular flexibility index (Phi) is 4.70. The number of carbonyl (C=O) groups is 1. The normalized spacial score (nSPS) is 19.8. The monoisotopic (exact) mass is 283 g/mol. The number of carbonyl (C=O) groups excluding carboxylic acids is 1. The van der Waals surface area contributed by atoms with E-state index in [0.29, 0.717) is 13.0 Å². The highest BCUT2D eigenvalue weighted by molar-refractivity contribution is 5.95. The van der Waals surface area contributed by atoms with Crippen molar-refractivity contribution in [3.8, 4) is 0 Å². The van der Waals surface area contributed by atoms with Crippen molar-refractivity contribution < 1.29 is 18.7 Å². The molecule has 0 aromatic heterocycles. The third kappa shape index (κ3) is 2.98. The molecule has 0 radical (unpaired) electrons. The maximum Gasteiger partial charge on any atom is 0.257 e. The molecule has 0 bridgehead atoms. The van der Waals surface area contributed by atoms with Gasteiger partial charge in [0.1, 0.15) is 11.6 Å². The topological polar surface area (TPSA) is 40.5 Å². The third-order valence-electron chi connectivity index (χ3n) is 3.83. The van der Waals surface area contributed by atoms with E-state index in [2.05, 4.69) is 0 Å². The van der Waals surface area contributed by atoms with Gasteiger partial charge in [-0.25, -0.2) is 8.78 Å². The summed E-state index contributed by atoms with van der Waals surface area (Å²) < 4.78 is 27.1. The van der Waals surface area contributed by atoms with Gasteiger partial charge in [-0.3, -0.25) is 4.79 Å². The van der Waals surface area contributed by atoms with E-state index in [1.165, 1.54) is 17.9 Å². The van der Waals surface area contributed by atoms with Crippen LogP contribution >= 0.6 is 0 Å². The molecule has 1 N–H and O–H groups in total. The molecule has 5 heteroatoms. The number of halogens is 2. The Balaban J connectivity index is 2.31. The van der Waals surface area contributed by atoms with Crippen molar-refractivity contribution in [1.29, 1.82) is 0 Å². The Morgan fingerprint density at radius 2 is 2.05 bits per heavy atom. The highest BCUT2D eigenvalue weighted by Crippen LogP contribution is 2.22. The van der Waals surface area contributed by atoms with E-state index in [4.69, 9.17) is 0 Å². The fourth-order valence-electron chi connectivity index (χ4n) is 2.61. The molecule has 1 unspecified atom stereocenters. The largest absolute Gasteiger partial charge is 0.394 e. The van der Waals surface area contributed by atoms with E-state index < -0.39 is 17.5 Å². The number of rotatable bonds is 2. The third-order valence-corrected chi connectivity index (χ3v) is 3.83. The molecule has 1 aromatic carbocycles. The number of benzene rings is 1. The lowest BCUT2D eigenvalue weighted by Gasteiger charge is -2.29. The van der Waals surface area contributed by atoms with Crippen LogP contribution < -0.4 is 0 Å². The number of hydrogen-bond acceptors (Lipinski definition) is 2. The molecule has 3 nitrogen and oxygen atoms in total. The minimum Gasteiger partial charge on any atom is -0.394 e. The summed E-state index contributed by atoms with van der Waals surface area (Å²) in [5, 5.41) is 9.40. The highest BCUT2D eigenvalue weighted by Gasteiger charge is 2.27. The van der Waals surface area contributed by atoms with Crippen LogP contribution in [0.25, 0.3) is 0 Å². The van der Waals surface area contributed by atoms with Gasteiger partial charge in [0, 0.05) is 12.6 Å². The first kappa shape index (κ1) is 14.9. The van der Waals surface area contributed by atoms with E-state index in [1.54, 1.807) is 0 Å². The van der Waals surface area contributed by atoms with Crippen molar-refractivity contribution in [2.24, 2.45) is 0 Å². The summed E-state index contributed by atoms with van der Waals surface area (Å²) in [6.45, 7) is 1.87. The fourth-order valence-corrected chi connectivity index (χ4v) is 2.61. The van der Waals surface area contributed by atoms with Crippen LogP contribution in [0.5, 0.6) is 0 Å². The van der Waals surface area contributed by atoms with Crippen LogP contribution in [-0.2, 0) is 0 Å². The van der Waals surface area contributed by atoms with Gasteiger partial charge in [-0.15, -0.1) is 0 Å². The molecule has 1 heterocycles. The van der Waals surface area contributed by atoms with Gasteiger partial charge in [-0.1, -0.05) is 12.8 Å². The number of aliphatic hydroxyl groups excluding tert-OH is 1. The van der Waals surface area contributed by atoms with E-state index in [1.807, 2.05) is 0 Å². The lowest BCUT2D eigenvalue weighted by atomic mass is 10.1. The molecule has 0 saturated carbocycles. The number of nitrogens with zero attached hydrogens (tertiary/aromatic N) is 1. The van der Waals surface area contributed by atoms with Crippen molar-refractivity contribution in [1.82, 2.24) is 4.90 Å². The minimum absolute atomic E-state index is 0.121. The molecule has 110 valence electrons. The van der Waals surface area contributed by atoms with Crippen LogP contribution in [0.2, 0.25) is 0 Å². The summed E-state index contributed by atoms with van der Waals surface area (Å²) in [4.78, 5) is 14.0. The smallest absolute Gasteiger partial charge is 0.257 e. The Labute approximate surface area is 117 Å². The number of amides is 1. The van der Waals surface area contributed by atoms with E-state index in [0.717, 1.165) is 25.3 Å². The average Bonchev–Trinajstić information content (AvgIpc) is 2.67. The zero-order valence-electron chi connectivity index (χ0n) is 11.5. The number of aliphatic hydroxyl groups is 1. The van der Waals surface area contributed by atoms with Gasteiger partial charge in [-0.2, -0.15) is 0 Å². The first-order valence-corrected chi connectivity index (χ1v) is 6.92. The number of hydrogen-bond donors (Lipinski definition) is 1. The lowest BCUT2D eigenvalue weighted by molar-refractivity contribution is 0.0595. The van der Waals surface area contributed by atoms with Crippen LogP contribution in [0.4, 0.5) is 8.78 Å². The first-order valence-electron chi connectivity index (χ1n) is 6.92. The van der Waals surface area contributed by atoms with E-state index in [-0.39, 0.29) is 23.8 Å². The van der Waals surface area contributed by atoms with Crippen LogP contribution in [0.1, 0.15) is 41.6 Å². The molecule has 1 fully saturated rings. The molecule has 1 aliphatic heterocycles. The van der Waals surface area contributed by atoms with Crippen molar-refractivity contribution in [3.05, 3.63) is 34.9 Å². The van der Waals surface area contributed by atoms with E-state index in [9.17, 15) is 18.7 Å². The van der Waals surface area contributed by atoms with E-state index >= 15 is 0 Å². The Hall–Kier alpha value is -1.49. The van der Waals surface area contributed by atoms with Gasteiger partial charge in [0.15, 0.2) is 0 Å². The summed E-state index contributed by atoms with van der Waals surface area (Å²) in [7, 11) is 0. The van der Waals surface area contributed by atoms with Crippen molar-refractivity contribution in [3.63, 3.8) is 0 Å². The summed E-state index contributed by atoms with van der Waals surface area (Å²) in [5.74, 6) is -1.97. The minimum atomic E-state index is -0.848. The summed E-state index contributed by atoms with van der Waals surface area (Å²) in [6.07, 6.45) is 3.49. The van der Waals surface area contributed by atoms with Gasteiger partial charge in [-0.05, 0) is 31.4 Å². The summed E-state index contributed by atoms with van der Waals surface area (Å²) in [6, 6.07) is 1.70. The highest BCUT2D eigenvalue weighted by atomic mass is 19.1. The van der Waals surface area contributed by atoms with Gasteiger partial charge in [0.2, 0.25) is 0 Å². The number of likely N-dealkylation sites (tertiary alicyclic amines) is 1. The predicted octanol–water partition coefficient (Wildman–Crippen LogP) is 2.65.